The van der Waals surface area contributed by atoms with E-state index < -0.39 is 12.2 Å². The van der Waals surface area contributed by atoms with Crippen molar-refractivity contribution in [1.82, 2.24) is 0 Å². The fraction of sp³-hybridized carbons (Fsp3) is 0.381. The van der Waals surface area contributed by atoms with Gasteiger partial charge in [0.05, 0.1) is 12.7 Å². The molecule has 0 bridgehead atoms. The number of aliphatic hydroxyl groups excluding tert-OH is 1. The summed E-state index contributed by atoms with van der Waals surface area (Å²) in [6.45, 7) is 4.44. The summed E-state index contributed by atoms with van der Waals surface area (Å²) in [4.78, 5) is 12.3. The van der Waals surface area contributed by atoms with Gasteiger partial charge in [-0.25, -0.2) is 0 Å². The number of rotatable bonds is 5. The molecule has 1 heterocycles. The van der Waals surface area contributed by atoms with Crippen LogP contribution < -0.4 is 4.74 Å². The zero-order valence-electron chi connectivity index (χ0n) is 14.9. The Morgan fingerprint density at radius 3 is 2.65 bits per heavy atom. The van der Waals surface area contributed by atoms with Crippen LogP contribution >= 0.6 is 11.6 Å². The van der Waals surface area contributed by atoms with E-state index in [0.717, 1.165) is 22.4 Å². The molecule has 2 aromatic carbocycles. The van der Waals surface area contributed by atoms with Crippen molar-refractivity contribution in [3.05, 3.63) is 64.2 Å². The van der Waals surface area contributed by atoms with E-state index in [2.05, 4.69) is 0 Å². The molecule has 0 aromatic heterocycles. The highest BCUT2D eigenvalue weighted by Crippen LogP contribution is 2.31. The summed E-state index contributed by atoms with van der Waals surface area (Å²) in [5.41, 5.74) is 2.74. The Bertz CT molecular complexity index is 772. The van der Waals surface area contributed by atoms with Crippen LogP contribution in [-0.4, -0.2) is 29.7 Å². The predicted octanol–water partition coefficient (Wildman–Crippen LogP) is 4.11. The summed E-state index contributed by atoms with van der Waals surface area (Å²) in [6, 6.07) is 13.3. The van der Waals surface area contributed by atoms with E-state index in [1.165, 1.54) is 0 Å². The molecule has 0 radical (unpaired) electrons. The molecule has 1 saturated heterocycles. The summed E-state index contributed by atoms with van der Waals surface area (Å²) < 4.78 is 11.2. The van der Waals surface area contributed by atoms with Gasteiger partial charge in [0, 0.05) is 11.4 Å². The van der Waals surface area contributed by atoms with Crippen LogP contribution in [0, 0.1) is 0 Å². The first kappa shape index (κ1) is 18.9. The molecule has 0 aliphatic carbocycles. The third-order valence-corrected chi connectivity index (χ3v) is 4.88. The van der Waals surface area contributed by atoms with E-state index in [9.17, 15) is 9.90 Å². The topological polar surface area (TPSA) is 55.8 Å². The second-order valence-electron chi connectivity index (χ2n) is 6.59. The summed E-state index contributed by atoms with van der Waals surface area (Å²) in [5.74, 6) is 0.540. The minimum Gasteiger partial charge on any atom is -0.494 e. The van der Waals surface area contributed by atoms with Gasteiger partial charge in [-0.15, -0.1) is 0 Å². The van der Waals surface area contributed by atoms with Crippen LogP contribution in [0.1, 0.15) is 43.1 Å². The lowest BCUT2D eigenvalue weighted by Crippen LogP contribution is -2.38. The highest BCUT2D eigenvalue weighted by Gasteiger charge is 2.35. The van der Waals surface area contributed by atoms with Crippen LogP contribution in [0.4, 0.5) is 0 Å². The molecule has 5 heteroatoms. The van der Waals surface area contributed by atoms with E-state index in [4.69, 9.17) is 21.1 Å². The quantitative estimate of drug-likeness (QED) is 0.855. The molecule has 4 nitrogen and oxygen atoms in total. The maximum atomic E-state index is 12.3. The van der Waals surface area contributed by atoms with E-state index in [1.54, 1.807) is 12.1 Å². The minimum absolute atomic E-state index is 0.169. The standard InChI is InChI=1S/C21H23ClO4/c1-3-25-17-7-4-14(5-8-17)11-16-12-15(6-9-18(16)22)21-20(24)19(23)10-13(2)26-21/h4-9,12-13,19,21,23H,3,10-11H2,1-2H3. The molecule has 1 aliphatic rings. The van der Waals surface area contributed by atoms with Crippen molar-refractivity contribution in [2.45, 2.75) is 45.0 Å². The molecule has 0 amide bonds. The third-order valence-electron chi connectivity index (χ3n) is 4.51. The van der Waals surface area contributed by atoms with Gasteiger partial charge >= 0.3 is 0 Å². The number of ether oxygens (including phenoxy) is 2. The van der Waals surface area contributed by atoms with Crippen LogP contribution in [0.25, 0.3) is 0 Å². The molecule has 2 aromatic rings. The summed E-state index contributed by atoms with van der Waals surface area (Å²) >= 11 is 6.36. The first-order valence-corrected chi connectivity index (χ1v) is 9.23. The molecule has 1 aliphatic heterocycles. The van der Waals surface area contributed by atoms with E-state index in [0.29, 0.717) is 24.5 Å². The number of Topliss-reactive ketones (excluding diaryl/α,β-unsaturated/α-hetero) is 1. The lowest BCUT2D eigenvalue weighted by molar-refractivity contribution is -0.156. The number of benzene rings is 2. The van der Waals surface area contributed by atoms with Crippen LogP contribution in [0.3, 0.4) is 0 Å². The summed E-state index contributed by atoms with van der Waals surface area (Å²) in [6.07, 6.45) is -0.919. The van der Waals surface area contributed by atoms with Crippen molar-refractivity contribution >= 4 is 17.4 Å². The van der Waals surface area contributed by atoms with Gasteiger partial charge in [-0.1, -0.05) is 35.9 Å². The Morgan fingerprint density at radius 2 is 1.96 bits per heavy atom. The average molecular weight is 375 g/mol. The van der Waals surface area contributed by atoms with Crippen LogP contribution in [0.15, 0.2) is 42.5 Å². The molecule has 0 saturated carbocycles. The third kappa shape index (κ3) is 4.26. The Kier molecular flexibility index (Phi) is 5.97. The van der Waals surface area contributed by atoms with Gasteiger partial charge in [0.1, 0.15) is 18.0 Å². The zero-order valence-corrected chi connectivity index (χ0v) is 15.7. The SMILES string of the molecule is CCOc1ccc(Cc2cc(C3OC(C)CC(O)C3=O)ccc2Cl)cc1. The average Bonchev–Trinajstić information content (AvgIpc) is 2.62. The Morgan fingerprint density at radius 1 is 1.23 bits per heavy atom. The number of halogens is 1. The fourth-order valence-electron chi connectivity index (χ4n) is 3.19. The Hall–Kier alpha value is -1.88. The normalized spacial score (nSPS) is 23.1. The van der Waals surface area contributed by atoms with Crippen molar-refractivity contribution in [3.63, 3.8) is 0 Å². The van der Waals surface area contributed by atoms with Gasteiger partial charge in [-0.2, -0.15) is 0 Å². The van der Waals surface area contributed by atoms with Gasteiger partial charge in [-0.05, 0) is 55.2 Å². The number of carbonyl (C=O) groups is 1. The second-order valence-corrected chi connectivity index (χ2v) is 6.99. The van der Waals surface area contributed by atoms with E-state index in [1.807, 2.05) is 44.2 Å². The lowest BCUT2D eigenvalue weighted by atomic mass is 9.93. The Balaban J connectivity index is 1.82. The monoisotopic (exact) mass is 374 g/mol. The number of hydrogen-bond donors (Lipinski definition) is 1. The first-order valence-electron chi connectivity index (χ1n) is 8.85. The Labute approximate surface area is 158 Å². The van der Waals surface area contributed by atoms with Crippen LogP contribution in [-0.2, 0) is 16.0 Å². The maximum Gasteiger partial charge on any atom is 0.194 e. The van der Waals surface area contributed by atoms with Crippen molar-refractivity contribution in [3.8, 4) is 5.75 Å². The van der Waals surface area contributed by atoms with Crippen molar-refractivity contribution in [2.24, 2.45) is 0 Å². The van der Waals surface area contributed by atoms with Crippen molar-refractivity contribution < 1.29 is 19.4 Å². The van der Waals surface area contributed by atoms with Gasteiger partial charge in [0.2, 0.25) is 0 Å². The molecule has 1 N–H and O–H groups in total. The molecular weight excluding hydrogens is 352 g/mol. The molecular formula is C21H23ClO4. The molecule has 3 unspecified atom stereocenters. The van der Waals surface area contributed by atoms with Crippen molar-refractivity contribution in [2.75, 3.05) is 6.61 Å². The van der Waals surface area contributed by atoms with E-state index >= 15 is 0 Å². The maximum absolute atomic E-state index is 12.3. The lowest BCUT2D eigenvalue weighted by Gasteiger charge is -2.30. The highest BCUT2D eigenvalue weighted by atomic mass is 35.5. The molecule has 0 spiro atoms. The second kappa shape index (κ2) is 8.21. The summed E-state index contributed by atoms with van der Waals surface area (Å²) in [7, 11) is 0. The highest BCUT2D eigenvalue weighted by molar-refractivity contribution is 6.31. The predicted molar refractivity (Wildman–Crippen MR) is 101 cm³/mol. The van der Waals surface area contributed by atoms with Crippen LogP contribution in [0.2, 0.25) is 5.02 Å². The zero-order chi connectivity index (χ0) is 18.7. The van der Waals surface area contributed by atoms with Gasteiger partial charge in [-0.3, -0.25) is 4.79 Å². The molecule has 3 rings (SSSR count). The molecule has 26 heavy (non-hydrogen) atoms. The number of aliphatic hydroxyl groups is 1. The number of carbonyl (C=O) groups excluding carboxylic acids is 1. The van der Waals surface area contributed by atoms with Gasteiger partial charge in [0.15, 0.2) is 5.78 Å². The molecule has 138 valence electrons. The minimum atomic E-state index is -0.978. The van der Waals surface area contributed by atoms with E-state index in [-0.39, 0.29) is 11.9 Å². The number of ketones is 1. The van der Waals surface area contributed by atoms with Crippen molar-refractivity contribution in [1.29, 1.82) is 0 Å². The smallest absolute Gasteiger partial charge is 0.194 e. The first-order chi connectivity index (χ1) is 12.5. The van der Waals surface area contributed by atoms with Gasteiger partial charge in [0.25, 0.3) is 0 Å². The molecule has 1 fully saturated rings. The summed E-state index contributed by atoms with van der Waals surface area (Å²) in [5, 5.41) is 10.6. The fourth-order valence-corrected chi connectivity index (χ4v) is 3.37. The largest absolute Gasteiger partial charge is 0.494 e. The van der Waals surface area contributed by atoms with Gasteiger partial charge < -0.3 is 14.6 Å². The van der Waals surface area contributed by atoms with Crippen LogP contribution in [0.5, 0.6) is 5.75 Å². The number of hydrogen-bond acceptors (Lipinski definition) is 4. The molecule has 3 atom stereocenters.